The van der Waals surface area contributed by atoms with Gasteiger partial charge in [-0.2, -0.15) is 0 Å². The average Bonchev–Trinajstić information content (AvgIpc) is 2.61. The summed E-state index contributed by atoms with van der Waals surface area (Å²) in [7, 11) is 1.73. The predicted octanol–water partition coefficient (Wildman–Crippen LogP) is 2.67. The van der Waals surface area contributed by atoms with Gasteiger partial charge in [0.15, 0.2) is 0 Å². The molecular weight excluding hydrogens is 330 g/mol. The van der Waals surface area contributed by atoms with Crippen LogP contribution in [-0.4, -0.2) is 54.2 Å². The number of hydrogen-bond acceptors (Lipinski definition) is 3. The zero-order valence-electron chi connectivity index (χ0n) is 16.2. The largest absolute Gasteiger partial charge is 0.341 e. The minimum absolute atomic E-state index is 0.121. The standard InChI is InChI=1S/C20H29N3O3/c1-14(2)19(25)21-17-9-8-15(3)13-16(17)20(26)22(4)11-12-23-10-6-5-7-18(23)24/h8-9,13-14H,5-7,10-12H2,1-4H3,(H,21,25). The molecule has 142 valence electrons. The second-order valence-electron chi connectivity index (χ2n) is 7.26. The normalized spacial score (nSPS) is 14.5. The summed E-state index contributed by atoms with van der Waals surface area (Å²) in [5, 5.41) is 2.83. The van der Waals surface area contributed by atoms with Crippen LogP contribution in [0, 0.1) is 12.8 Å². The quantitative estimate of drug-likeness (QED) is 0.849. The van der Waals surface area contributed by atoms with Crippen LogP contribution >= 0.6 is 0 Å². The molecule has 0 unspecified atom stereocenters. The summed E-state index contributed by atoms with van der Waals surface area (Å²) in [5.41, 5.74) is 1.96. The molecule has 1 aliphatic heterocycles. The molecule has 0 radical (unpaired) electrons. The fourth-order valence-corrected chi connectivity index (χ4v) is 2.90. The highest BCUT2D eigenvalue weighted by Crippen LogP contribution is 2.20. The van der Waals surface area contributed by atoms with Crippen LogP contribution < -0.4 is 5.32 Å². The molecule has 2 rings (SSSR count). The van der Waals surface area contributed by atoms with Crippen LogP contribution in [0.25, 0.3) is 0 Å². The summed E-state index contributed by atoms with van der Waals surface area (Å²) in [6, 6.07) is 5.44. The van der Waals surface area contributed by atoms with Gasteiger partial charge in [0.1, 0.15) is 0 Å². The van der Waals surface area contributed by atoms with Crippen molar-refractivity contribution in [3.63, 3.8) is 0 Å². The van der Waals surface area contributed by atoms with Crippen molar-refractivity contribution in [1.29, 1.82) is 0 Å². The van der Waals surface area contributed by atoms with Crippen molar-refractivity contribution in [2.45, 2.75) is 40.0 Å². The van der Waals surface area contributed by atoms with E-state index in [9.17, 15) is 14.4 Å². The summed E-state index contributed by atoms with van der Waals surface area (Å²) in [6.07, 6.45) is 2.57. The zero-order chi connectivity index (χ0) is 19.3. The minimum atomic E-state index is -0.165. The van der Waals surface area contributed by atoms with Crippen molar-refractivity contribution in [2.75, 3.05) is 32.0 Å². The van der Waals surface area contributed by atoms with E-state index in [1.54, 1.807) is 24.1 Å². The van der Waals surface area contributed by atoms with Gasteiger partial charge in [0.2, 0.25) is 11.8 Å². The van der Waals surface area contributed by atoms with Gasteiger partial charge >= 0.3 is 0 Å². The number of amides is 3. The molecule has 6 heteroatoms. The predicted molar refractivity (Wildman–Crippen MR) is 102 cm³/mol. The SMILES string of the molecule is Cc1ccc(NC(=O)C(C)C)c(C(=O)N(C)CCN2CCCCC2=O)c1. The van der Waals surface area contributed by atoms with Crippen molar-refractivity contribution >= 4 is 23.4 Å². The molecule has 0 aromatic heterocycles. The van der Waals surface area contributed by atoms with Gasteiger partial charge in [-0.25, -0.2) is 0 Å². The molecule has 1 fully saturated rings. The van der Waals surface area contributed by atoms with Gasteiger partial charge in [0.25, 0.3) is 5.91 Å². The van der Waals surface area contributed by atoms with E-state index in [-0.39, 0.29) is 23.6 Å². The Morgan fingerprint density at radius 3 is 2.65 bits per heavy atom. The molecular formula is C20H29N3O3. The van der Waals surface area contributed by atoms with Crippen LogP contribution in [-0.2, 0) is 9.59 Å². The molecule has 1 saturated heterocycles. The summed E-state index contributed by atoms with van der Waals surface area (Å²) in [5.74, 6) is -0.277. The van der Waals surface area contributed by atoms with Gasteiger partial charge in [0.05, 0.1) is 11.3 Å². The molecule has 1 aromatic carbocycles. The number of rotatable bonds is 6. The van der Waals surface area contributed by atoms with E-state index in [1.165, 1.54) is 0 Å². The Morgan fingerprint density at radius 2 is 2.00 bits per heavy atom. The smallest absolute Gasteiger partial charge is 0.255 e. The fraction of sp³-hybridized carbons (Fsp3) is 0.550. The lowest BCUT2D eigenvalue weighted by molar-refractivity contribution is -0.133. The van der Waals surface area contributed by atoms with E-state index in [2.05, 4.69) is 5.32 Å². The molecule has 1 aromatic rings. The highest BCUT2D eigenvalue weighted by Gasteiger charge is 2.21. The number of likely N-dealkylation sites (N-methyl/N-ethyl adjacent to an activating group) is 1. The van der Waals surface area contributed by atoms with Crippen LogP contribution in [0.2, 0.25) is 0 Å². The number of carbonyl (C=O) groups excluding carboxylic acids is 3. The van der Waals surface area contributed by atoms with Crippen molar-refractivity contribution in [2.24, 2.45) is 5.92 Å². The third-order valence-electron chi connectivity index (χ3n) is 4.66. The van der Waals surface area contributed by atoms with E-state index in [0.29, 0.717) is 30.8 Å². The van der Waals surface area contributed by atoms with Gasteiger partial charge in [-0.3, -0.25) is 14.4 Å². The number of aryl methyl sites for hydroxylation is 1. The van der Waals surface area contributed by atoms with E-state index in [0.717, 1.165) is 24.9 Å². The summed E-state index contributed by atoms with van der Waals surface area (Å²) in [6.45, 7) is 7.31. The first-order valence-electron chi connectivity index (χ1n) is 9.24. The summed E-state index contributed by atoms with van der Waals surface area (Å²) >= 11 is 0. The molecule has 3 amide bonds. The summed E-state index contributed by atoms with van der Waals surface area (Å²) in [4.78, 5) is 40.3. The molecule has 1 N–H and O–H groups in total. The third kappa shape index (κ3) is 5.07. The maximum Gasteiger partial charge on any atom is 0.255 e. The molecule has 1 heterocycles. The Balaban J connectivity index is 2.08. The van der Waals surface area contributed by atoms with E-state index >= 15 is 0 Å². The second kappa shape index (κ2) is 8.83. The van der Waals surface area contributed by atoms with E-state index < -0.39 is 0 Å². The number of piperidine rings is 1. The van der Waals surface area contributed by atoms with Crippen LogP contribution in [0.4, 0.5) is 5.69 Å². The highest BCUT2D eigenvalue weighted by molar-refractivity contribution is 6.04. The van der Waals surface area contributed by atoms with Gasteiger partial charge in [-0.1, -0.05) is 25.5 Å². The molecule has 0 bridgehead atoms. The van der Waals surface area contributed by atoms with Crippen molar-refractivity contribution < 1.29 is 14.4 Å². The summed E-state index contributed by atoms with van der Waals surface area (Å²) < 4.78 is 0. The van der Waals surface area contributed by atoms with Gasteiger partial charge < -0.3 is 15.1 Å². The first-order valence-corrected chi connectivity index (χ1v) is 9.24. The van der Waals surface area contributed by atoms with Crippen LogP contribution in [0.5, 0.6) is 0 Å². The highest BCUT2D eigenvalue weighted by atomic mass is 16.2. The van der Waals surface area contributed by atoms with Crippen LogP contribution in [0.15, 0.2) is 18.2 Å². The van der Waals surface area contributed by atoms with Gasteiger partial charge in [0, 0.05) is 39.0 Å². The average molecular weight is 359 g/mol. The lowest BCUT2D eigenvalue weighted by Crippen LogP contribution is -2.41. The van der Waals surface area contributed by atoms with E-state index in [1.807, 2.05) is 31.7 Å². The molecule has 0 atom stereocenters. The number of anilines is 1. The Morgan fingerprint density at radius 1 is 1.27 bits per heavy atom. The number of nitrogens with zero attached hydrogens (tertiary/aromatic N) is 2. The van der Waals surface area contributed by atoms with Crippen molar-refractivity contribution in [3.8, 4) is 0 Å². The molecule has 0 aliphatic carbocycles. The molecule has 26 heavy (non-hydrogen) atoms. The number of likely N-dealkylation sites (tertiary alicyclic amines) is 1. The van der Waals surface area contributed by atoms with Gasteiger partial charge in [-0.05, 0) is 31.9 Å². The zero-order valence-corrected chi connectivity index (χ0v) is 16.2. The Kier molecular flexibility index (Phi) is 6.77. The Labute approximate surface area is 155 Å². The number of benzene rings is 1. The van der Waals surface area contributed by atoms with Gasteiger partial charge in [-0.15, -0.1) is 0 Å². The number of nitrogens with one attached hydrogen (secondary N) is 1. The first kappa shape index (κ1) is 19.9. The maximum atomic E-state index is 12.9. The van der Waals surface area contributed by atoms with Crippen LogP contribution in [0.1, 0.15) is 49.0 Å². The fourth-order valence-electron chi connectivity index (χ4n) is 2.90. The Bertz CT molecular complexity index is 685. The number of carbonyl (C=O) groups is 3. The first-order chi connectivity index (χ1) is 12.3. The molecule has 6 nitrogen and oxygen atoms in total. The third-order valence-corrected chi connectivity index (χ3v) is 4.66. The minimum Gasteiger partial charge on any atom is -0.341 e. The Hall–Kier alpha value is -2.37. The maximum absolute atomic E-state index is 12.9. The molecule has 1 aliphatic rings. The van der Waals surface area contributed by atoms with Crippen molar-refractivity contribution in [3.05, 3.63) is 29.3 Å². The van der Waals surface area contributed by atoms with Crippen LogP contribution in [0.3, 0.4) is 0 Å². The molecule has 0 spiro atoms. The monoisotopic (exact) mass is 359 g/mol. The lowest BCUT2D eigenvalue weighted by atomic mass is 10.1. The number of hydrogen-bond donors (Lipinski definition) is 1. The lowest BCUT2D eigenvalue weighted by Gasteiger charge is -2.29. The topological polar surface area (TPSA) is 69.7 Å². The second-order valence-corrected chi connectivity index (χ2v) is 7.26. The molecule has 0 saturated carbocycles. The van der Waals surface area contributed by atoms with Crippen molar-refractivity contribution in [1.82, 2.24) is 9.80 Å². The van der Waals surface area contributed by atoms with E-state index in [4.69, 9.17) is 0 Å².